The summed E-state index contributed by atoms with van der Waals surface area (Å²) in [4.78, 5) is 1.00. The van der Waals surface area contributed by atoms with Crippen LogP contribution in [0.15, 0.2) is 129 Å². The number of nitrogens with zero attached hydrogens (tertiary/aromatic N) is 2. The molecule has 4 rings (SSSR count). The third-order valence-electron chi connectivity index (χ3n) is 5.04. The first-order chi connectivity index (χ1) is 15.7. The molecular formula is C27H26N2O2S. The summed E-state index contributed by atoms with van der Waals surface area (Å²) >= 11 is 0. The third-order valence-corrected chi connectivity index (χ3v) is 7.87. The molecule has 1 atom stereocenters. The van der Waals surface area contributed by atoms with Crippen molar-refractivity contribution in [1.82, 2.24) is 0 Å². The second-order valence-corrected chi connectivity index (χ2v) is 9.79. The van der Waals surface area contributed by atoms with Crippen molar-refractivity contribution in [3.63, 3.8) is 0 Å². The van der Waals surface area contributed by atoms with Crippen LogP contribution >= 0.6 is 0 Å². The molecule has 0 saturated carbocycles. The Morgan fingerprint density at radius 2 is 1.16 bits per heavy atom. The fourth-order valence-corrected chi connectivity index (χ4v) is 6.16. The predicted molar refractivity (Wildman–Crippen MR) is 132 cm³/mol. The zero-order valence-electron chi connectivity index (χ0n) is 17.9. The highest BCUT2D eigenvalue weighted by Gasteiger charge is 2.19. The first-order valence-corrected chi connectivity index (χ1v) is 12.1. The van der Waals surface area contributed by atoms with Gasteiger partial charge in [-0.1, -0.05) is 66.7 Å². The normalized spacial score (nSPS) is 12.1. The molecule has 4 aromatic rings. The van der Waals surface area contributed by atoms with Gasteiger partial charge in [0.1, 0.15) is 5.75 Å². The van der Waals surface area contributed by atoms with Gasteiger partial charge < -0.3 is 9.84 Å². The minimum Gasteiger partial charge on any atom is -0.497 e. The molecule has 0 heterocycles. The summed E-state index contributed by atoms with van der Waals surface area (Å²) in [5.41, 5.74) is 2.49. The largest absolute Gasteiger partial charge is 0.497 e. The monoisotopic (exact) mass is 442 g/mol. The van der Waals surface area contributed by atoms with E-state index in [1.165, 1.54) is 0 Å². The third kappa shape index (κ3) is 5.25. The lowest BCUT2D eigenvalue weighted by Crippen LogP contribution is -2.14. The summed E-state index contributed by atoms with van der Waals surface area (Å²) in [5.74, 6) is 1.12. The van der Waals surface area contributed by atoms with Crippen molar-refractivity contribution in [3.05, 3.63) is 121 Å². The van der Waals surface area contributed by atoms with Gasteiger partial charge in [-0.2, -0.15) is 0 Å². The summed E-state index contributed by atoms with van der Waals surface area (Å²) in [6.07, 6.45) is -0.740. The Kier molecular flexibility index (Phi) is 7.00. The van der Waals surface area contributed by atoms with Crippen LogP contribution in [-0.2, 0) is 9.62 Å². The van der Waals surface area contributed by atoms with Gasteiger partial charge in [0.25, 0.3) is 0 Å². The number of methoxy groups -OCH3 is 1. The Balaban J connectivity index is 1.91. The van der Waals surface area contributed by atoms with Gasteiger partial charge in [-0.25, -0.2) is 8.73 Å². The van der Waals surface area contributed by atoms with Crippen LogP contribution < -0.4 is 4.74 Å². The van der Waals surface area contributed by atoms with E-state index in [1.54, 1.807) is 7.11 Å². The highest BCUT2D eigenvalue weighted by molar-refractivity contribution is 7.96. The van der Waals surface area contributed by atoms with Crippen LogP contribution in [0.5, 0.6) is 5.75 Å². The number of ether oxygens (including phenoxy) is 1. The Morgan fingerprint density at radius 1 is 0.688 bits per heavy atom. The maximum atomic E-state index is 11.3. The van der Waals surface area contributed by atoms with Gasteiger partial charge in [0.05, 0.1) is 24.6 Å². The number of hydrogen-bond acceptors (Lipinski definition) is 4. The highest BCUT2D eigenvalue weighted by Crippen LogP contribution is 2.31. The van der Waals surface area contributed by atoms with Crippen molar-refractivity contribution in [2.24, 2.45) is 8.73 Å². The molecule has 0 fully saturated rings. The molecule has 0 bridgehead atoms. The summed E-state index contributed by atoms with van der Waals surface area (Å²) in [7, 11) is -0.543. The van der Waals surface area contributed by atoms with Crippen LogP contribution in [0.3, 0.4) is 0 Å². The van der Waals surface area contributed by atoms with Crippen LogP contribution in [0, 0.1) is 0 Å². The van der Waals surface area contributed by atoms with E-state index in [0.717, 1.165) is 27.6 Å². The Bertz CT molecular complexity index is 1200. The summed E-state index contributed by atoms with van der Waals surface area (Å²) < 4.78 is 15.6. The molecule has 32 heavy (non-hydrogen) atoms. The van der Waals surface area contributed by atoms with Crippen molar-refractivity contribution in [2.45, 2.75) is 11.0 Å². The second-order valence-electron chi connectivity index (χ2n) is 7.29. The standard InChI is InChI=1S/C27H26N2O2S/c1-31-25-19-17-22(18-20-25)27(30)21-32(26-15-9-4-10-16-26,28-23-11-5-2-6-12-23)29-24-13-7-3-8-14-24/h2-20,27,30H,21H2,1H3. The average molecular weight is 443 g/mol. The lowest BCUT2D eigenvalue weighted by atomic mass is 10.1. The van der Waals surface area contributed by atoms with Crippen molar-refractivity contribution in [3.8, 4) is 5.75 Å². The van der Waals surface area contributed by atoms with Crippen LogP contribution in [0.25, 0.3) is 0 Å². The number of hydrogen-bond donors (Lipinski definition) is 1. The Hall–Kier alpha value is -3.41. The van der Waals surface area contributed by atoms with Crippen molar-refractivity contribution >= 4 is 21.0 Å². The minimum atomic E-state index is -2.18. The van der Waals surface area contributed by atoms with Crippen LogP contribution in [0.4, 0.5) is 11.4 Å². The molecule has 0 aliphatic rings. The molecule has 0 spiro atoms. The van der Waals surface area contributed by atoms with Crippen molar-refractivity contribution in [1.29, 1.82) is 0 Å². The Morgan fingerprint density at radius 3 is 1.62 bits per heavy atom. The van der Waals surface area contributed by atoms with Gasteiger partial charge in [-0.05, 0) is 63.7 Å². The van der Waals surface area contributed by atoms with Crippen LogP contribution in [0.1, 0.15) is 11.7 Å². The van der Waals surface area contributed by atoms with E-state index in [9.17, 15) is 5.11 Å². The summed E-state index contributed by atoms with van der Waals surface area (Å²) in [5, 5.41) is 11.3. The van der Waals surface area contributed by atoms with Gasteiger partial charge in [0, 0.05) is 10.6 Å². The summed E-state index contributed by atoms with van der Waals surface area (Å²) in [6, 6.07) is 37.3. The number of aliphatic hydroxyl groups is 1. The van der Waals surface area contributed by atoms with Crippen molar-refractivity contribution in [2.75, 3.05) is 12.9 Å². The van der Waals surface area contributed by atoms with Gasteiger partial charge in [-0.3, -0.25) is 0 Å². The fraction of sp³-hybridized carbons (Fsp3) is 0.111. The zero-order valence-corrected chi connectivity index (χ0v) is 18.7. The van der Waals surface area contributed by atoms with Crippen LogP contribution in [0.2, 0.25) is 0 Å². The van der Waals surface area contributed by atoms with E-state index in [4.69, 9.17) is 13.5 Å². The fourth-order valence-electron chi connectivity index (χ4n) is 3.40. The molecule has 0 amide bonds. The maximum absolute atomic E-state index is 11.3. The van der Waals surface area contributed by atoms with E-state index < -0.39 is 15.7 Å². The minimum absolute atomic E-state index is 0.368. The first kappa shape index (κ1) is 21.8. The molecule has 4 nitrogen and oxygen atoms in total. The number of benzene rings is 4. The number of aliphatic hydroxyl groups excluding tert-OH is 1. The second kappa shape index (κ2) is 10.3. The molecule has 0 radical (unpaired) electrons. The molecule has 0 aliphatic carbocycles. The van der Waals surface area contributed by atoms with Gasteiger partial charge >= 0.3 is 0 Å². The Labute approximate surface area is 190 Å². The first-order valence-electron chi connectivity index (χ1n) is 10.4. The topological polar surface area (TPSA) is 54.2 Å². The summed E-state index contributed by atoms with van der Waals surface area (Å²) in [6.45, 7) is 0. The molecule has 0 aromatic heterocycles. The van der Waals surface area contributed by atoms with Gasteiger partial charge in [-0.15, -0.1) is 0 Å². The molecule has 0 aliphatic heterocycles. The zero-order chi connectivity index (χ0) is 22.2. The number of rotatable bonds is 7. The van der Waals surface area contributed by atoms with E-state index >= 15 is 0 Å². The molecule has 5 heteroatoms. The van der Waals surface area contributed by atoms with E-state index in [1.807, 2.05) is 103 Å². The molecular weight excluding hydrogens is 416 g/mol. The van der Waals surface area contributed by atoms with Crippen LogP contribution in [-0.4, -0.2) is 18.0 Å². The highest BCUT2D eigenvalue weighted by atomic mass is 32.2. The quantitative estimate of drug-likeness (QED) is 0.336. The SMILES string of the molecule is COc1ccc(C(O)CS(=Nc2ccccc2)(=Nc2ccccc2)c2ccccc2)cc1. The predicted octanol–water partition coefficient (Wildman–Crippen LogP) is 6.97. The smallest absolute Gasteiger partial charge is 0.118 e. The maximum Gasteiger partial charge on any atom is 0.118 e. The molecule has 0 saturated heterocycles. The lowest BCUT2D eigenvalue weighted by molar-refractivity contribution is 0.203. The van der Waals surface area contributed by atoms with E-state index in [-0.39, 0.29) is 0 Å². The van der Waals surface area contributed by atoms with E-state index in [0.29, 0.717) is 5.75 Å². The molecule has 1 unspecified atom stereocenters. The molecule has 1 N–H and O–H groups in total. The van der Waals surface area contributed by atoms with E-state index in [2.05, 4.69) is 12.1 Å². The van der Waals surface area contributed by atoms with Crippen molar-refractivity contribution < 1.29 is 9.84 Å². The van der Waals surface area contributed by atoms with Gasteiger partial charge in [0.2, 0.25) is 0 Å². The van der Waals surface area contributed by atoms with Gasteiger partial charge in [0.15, 0.2) is 0 Å². The molecule has 162 valence electrons. The lowest BCUT2D eigenvalue weighted by Gasteiger charge is -2.21. The average Bonchev–Trinajstić information content (AvgIpc) is 2.86. The molecule has 4 aromatic carbocycles.